The molecule has 0 saturated heterocycles. The molecule has 1 amide bonds. The number of amides is 1. The molecule has 5 nitrogen and oxygen atoms in total. The number of benzene rings is 1. The third kappa shape index (κ3) is 3.72. The molecule has 2 aromatic rings. The van der Waals surface area contributed by atoms with Gasteiger partial charge in [0.1, 0.15) is 0 Å². The molecule has 0 atom stereocenters. The van der Waals surface area contributed by atoms with E-state index in [9.17, 15) is 4.79 Å². The summed E-state index contributed by atoms with van der Waals surface area (Å²) in [4.78, 5) is 19.0. The molecule has 0 fully saturated rings. The summed E-state index contributed by atoms with van der Waals surface area (Å²) in [6, 6.07) is 5.79. The maximum Gasteiger partial charge on any atom is 0.256 e. The van der Waals surface area contributed by atoms with Crippen LogP contribution >= 0.6 is 11.9 Å². The lowest BCUT2D eigenvalue weighted by atomic mass is 10.0. The second-order valence-electron chi connectivity index (χ2n) is 7.01. The number of anilines is 1. The minimum absolute atomic E-state index is 0.0695. The fourth-order valence-corrected chi connectivity index (χ4v) is 3.77. The highest BCUT2D eigenvalue weighted by molar-refractivity contribution is 7.97. The Morgan fingerprint density at radius 3 is 2.73 bits per heavy atom. The molecule has 0 aliphatic carbocycles. The number of nitrogens with one attached hydrogen (secondary N) is 2. The fraction of sp³-hybridized carbons (Fsp3) is 0.350. The highest BCUT2D eigenvalue weighted by Gasteiger charge is 2.25. The molecule has 1 aliphatic rings. The largest absolute Gasteiger partial charge is 0.359 e. The standard InChI is InChI=1S/C20H26N4OS/c1-12-15(6-5-9-24(3)4)13(2)22-19(12)11-17-16-10-14(26-21)7-8-18(16)23-20(17)25/h7-8,10-11,22H,5-6,9,21H2,1-4H3,(H,23,25)/b17-11-. The first-order chi connectivity index (χ1) is 12.4. The van der Waals surface area contributed by atoms with Crippen LogP contribution < -0.4 is 10.5 Å². The summed E-state index contributed by atoms with van der Waals surface area (Å²) in [5.41, 5.74) is 7.18. The quantitative estimate of drug-likeness (QED) is 0.537. The number of nitrogens with zero attached hydrogens (tertiary/aromatic N) is 1. The van der Waals surface area contributed by atoms with Gasteiger partial charge in [0.2, 0.25) is 0 Å². The number of aromatic amines is 1. The summed E-state index contributed by atoms with van der Waals surface area (Å²) in [6.07, 6.45) is 4.11. The summed E-state index contributed by atoms with van der Waals surface area (Å²) in [6.45, 7) is 5.29. The Labute approximate surface area is 159 Å². The topological polar surface area (TPSA) is 74.1 Å². The van der Waals surface area contributed by atoms with E-state index in [4.69, 9.17) is 5.14 Å². The van der Waals surface area contributed by atoms with Crippen molar-refractivity contribution < 1.29 is 4.79 Å². The third-order valence-electron chi connectivity index (χ3n) is 4.86. The Balaban J connectivity index is 1.93. The van der Waals surface area contributed by atoms with Gasteiger partial charge < -0.3 is 15.2 Å². The Morgan fingerprint density at radius 1 is 1.27 bits per heavy atom. The predicted octanol–water partition coefficient (Wildman–Crippen LogP) is 3.58. The van der Waals surface area contributed by atoms with Crippen molar-refractivity contribution in [2.24, 2.45) is 5.14 Å². The molecule has 0 bridgehead atoms. The van der Waals surface area contributed by atoms with E-state index in [1.165, 1.54) is 28.8 Å². The monoisotopic (exact) mass is 370 g/mol. The van der Waals surface area contributed by atoms with Crippen LogP contribution in [-0.4, -0.2) is 36.4 Å². The number of aryl methyl sites for hydroxylation is 1. The maximum absolute atomic E-state index is 12.4. The van der Waals surface area contributed by atoms with Crippen molar-refractivity contribution in [1.29, 1.82) is 0 Å². The Hall–Kier alpha value is -2.02. The number of fused-ring (bicyclic) bond motifs is 1. The Bertz CT molecular complexity index is 867. The Kier molecular flexibility index (Phi) is 5.55. The zero-order chi connectivity index (χ0) is 18.8. The zero-order valence-corrected chi connectivity index (χ0v) is 16.6. The van der Waals surface area contributed by atoms with E-state index in [1.54, 1.807) is 0 Å². The first-order valence-corrected chi connectivity index (χ1v) is 9.65. The SMILES string of the molecule is Cc1[nH]c(/C=C2\C(=O)Nc3ccc(SN)cc32)c(C)c1CCCN(C)C. The summed E-state index contributed by atoms with van der Waals surface area (Å²) in [5.74, 6) is -0.0695. The van der Waals surface area contributed by atoms with E-state index in [-0.39, 0.29) is 5.91 Å². The van der Waals surface area contributed by atoms with E-state index in [2.05, 4.69) is 43.1 Å². The molecule has 3 rings (SSSR count). The van der Waals surface area contributed by atoms with Crippen molar-refractivity contribution in [2.45, 2.75) is 31.6 Å². The molecule has 0 spiro atoms. The first-order valence-electron chi connectivity index (χ1n) is 8.77. The molecule has 138 valence electrons. The van der Waals surface area contributed by atoms with Crippen LogP contribution in [0.15, 0.2) is 23.1 Å². The van der Waals surface area contributed by atoms with Crippen LogP contribution in [0.4, 0.5) is 5.69 Å². The van der Waals surface area contributed by atoms with Gasteiger partial charge in [-0.25, -0.2) is 0 Å². The van der Waals surface area contributed by atoms with E-state index in [0.717, 1.165) is 41.2 Å². The summed E-state index contributed by atoms with van der Waals surface area (Å²) in [5, 5.41) is 8.60. The van der Waals surface area contributed by atoms with Crippen molar-refractivity contribution in [3.05, 3.63) is 46.3 Å². The fourth-order valence-electron chi connectivity index (χ4n) is 3.43. The number of carbonyl (C=O) groups is 1. The van der Waals surface area contributed by atoms with Crippen molar-refractivity contribution in [3.8, 4) is 0 Å². The smallest absolute Gasteiger partial charge is 0.256 e. The third-order valence-corrected chi connectivity index (χ3v) is 5.39. The van der Waals surface area contributed by atoms with Crippen LogP contribution in [0, 0.1) is 13.8 Å². The zero-order valence-electron chi connectivity index (χ0n) is 15.8. The molecule has 4 N–H and O–H groups in total. The maximum atomic E-state index is 12.4. The van der Waals surface area contributed by atoms with Crippen molar-refractivity contribution in [2.75, 3.05) is 26.0 Å². The van der Waals surface area contributed by atoms with Gasteiger partial charge in [0.05, 0.1) is 5.57 Å². The number of hydrogen-bond donors (Lipinski definition) is 3. The van der Waals surface area contributed by atoms with Gasteiger partial charge in [-0.3, -0.25) is 9.93 Å². The average molecular weight is 371 g/mol. The number of rotatable bonds is 6. The molecular weight excluding hydrogens is 344 g/mol. The second-order valence-corrected chi connectivity index (χ2v) is 7.72. The average Bonchev–Trinajstić information content (AvgIpc) is 3.05. The minimum atomic E-state index is -0.0695. The minimum Gasteiger partial charge on any atom is -0.359 e. The lowest BCUT2D eigenvalue weighted by Gasteiger charge is -2.09. The van der Waals surface area contributed by atoms with E-state index in [1.807, 2.05) is 24.3 Å². The van der Waals surface area contributed by atoms with Gasteiger partial charge in [-0.05, 0) is 94.7 Å². The van der Waals surface area contributed by atoms with Crippen LogP contribution in [-0.2, 0) is 11.2 Å². The van der Waals surface area contributed by atoms with Crippen molar-refractivity contribution in [1.82, 2.24) is 9.88 Å². The van der Waals surface area contributed by atoms with Gasteiger partial charge >= 0.3 is 0 Å². The normalized spacial score (nSPS) is 15.0. The highest BCUT2D eigenvalue weighted by atomic mass is 32.2. The number of hydrogen-bond acceptors (Lipinski definition) is 4. The molecule has 26 heavy (non-hydrogen) atoms. The van der Waals surface area contributed by atoms with Crippen LogP contribution in [0.1, 0.15) is 34.5 Å². The van der Waals surface area contributed by atoms with E-state index < -0.39 is 0 Å². The van der Waals surface area contributed by atoms with Crippen LogP contribution in [0.5, 0.6) is 0 Å². The van der Waals surface area contributed by atoms with Crippen LogP contribution in [0.3, 0.4) is 0 Å². The summed E-state index contributed by atoms with van der Waals surface area (Å²) < 4.78 is 0. The van der Waals surface area contributed by atoms with Crippen molar-refractivity contribution in [3.63, 3.8) is 0 Å². The second kappa shape index (κ2) is 7.70. The Morgan fingerprint density at radius 2 is 2.04 bits per heavy atom. The molecule has 0 saturated carbocycles. The van der Waals surface area contributed by atoms with Crippen LogP contribution in [0.25, 0.3) is 11.6 Å². The van der Waals surface area contributed by atoms with Gasteiger partial charge in [0, 0.05) is 27.5 Å². The number of aromatic nitrogens is 1. The van der Waals surface area contributed by atoms with Gasteiger partial charge in [-0.1, -0.05) is 0 Å². The first kappa shape index (κ1) is 18.8. The number of H-pyrrole nitrogens is 1. The van der Waals surface area contributed by atoms with E-state index >= 15 is 0 Å². The number of nitrogens with two attached hydrogens (primary N) is 1. The van der Waals surface area contributed by atoms with Gasteiger partial charge in [-0.15, -0.1) is 0 Å². The molecule has 1 aromatic carbocycles. The molecule has 0 unspecified atom stereocenters. The predicted molar refractivity (Wildman–Crippen MR) is 110 cm³/mol. The number of carbonyl (C=O) groups excluding carboxylic acids is 1. The van der Waals surface area contributed by atoms with Gasteiger partial charge in [0.15, 0.2) is 0 Å². The lowest BCUT2D eigenvalue weighted by Crippen LogP contribution is -2.13. The molecular formula is C20H26N4OS. The molecule has 0 radical (unpaired) electrons. The molecule has 6 heteroatoms. The van der Waals surface area contributed by atoms with Gasteiger partial charge in [-0.2, -0.15) is 0 Å². The lowest BCUT2D eigenvalue weighted by molar-refractivity contribution is -0.110. The summed E-state index contributed by atoms with van der Waals surface area (Å²) in [7, 11) is 4.19. The van der Waals surface area contributed by atoms with Crippen molar-refractivity contribution >= 4 is 35.2 Å². The van der Waals surface area contributed by atoms with E-state index in [0.29, 0.717) is 5.57 Å². The molecule has 1 aliphatic heterocycles. The summed E-state index contributed by atoms with van der Waals surface area (Å²) >= 11 is 1.19. The molecule has 1 aromatic heterocycles. The van der Waals surface area contributed by atoms with Gasteiger partial charge in [0.25, 0.3) is 5.91 Å². The van der Waals surface area contributed by atoms with Crippen LogP contribution in [0.2, 0.25) is 0 Å². The molecule has 2 heterocycles. The highest BCUT2D eigenvalue weighted by Crippen LogP contribution is 2.36.